The molecule has 0 saturated carbocycles. The molecule has 1 amide bonds. The van der Waals surface area contributed by atoms with E-state index in [1.165, 1.54) is 4.31 Å². The third-order valence-corrected chi connectivity index (χ3v) is 9.32. The molecule has 2 unspecified atom stereocenters. The van der Waals surface area contributed by atoms with Crippen molar-refractivity contribution in [3.05, 3.63) is 35.0 Å². The highest BCUT2D eigenvalue weighted by atomic mass is 35.5. The minimum Gasteiger partial charge on any atom is -0.493 e. The predicted molar refractivity (Wildman–Crippen MR) is 136 cm³/mol. The fourth-order valence-electron chi connectivity index (χ4n) is 4.94. The third kappa shape index (κ3) is 5.04. The van der Waals surface area contributed by atoms with E-state index in [-0.39, 0.29) is 10.8 Å². The summed E-state index contributed by atoms with van der Waals surface area (Å²) in [6.45, 7) is 8.19. The lowest BCUT2D eigenvalue weighted by atomic mass is 9.97. The van der Waals surface area contributed by atoms with E-state index in [9.17, 15) is 13.2 Å². The molecule has 1 N–H and O–H groups in total. The van der Waals surface area contributed by atoms with E-state index in [1.54, 1.807) is 23.1 Å². The standard InChI is InChI=1S/C24H36ClN5O4S/c1-5-9-29-16-19-21(26-23(31)22(19)28(4)24(29)25)18-15-17(7-8-20(18)34-14-6-2)35(32,33)30-12-10-27(3)11-13-30/h7-8,15,21,24H,5-6,9-14,16H2,1-4H3,(H,26,31). The number of sulfonamides is 1. The maximum absolute atomic E-state index is 13.5. The molecule has 1 aromatic carbocycles. The van der Waals surface area contributed by atoms with Gasteiger partial charge in [0.1, 0.15) is 11.4 Å². The average molecular weight is 526 g/mol. The Hall–Kier alpha value is -1.85. The van der Waals surface area contributed by atoms with Crippen LogP contribution < -0.4 is 10.1 Å². The first-order chi connectivity index (χ1) is 16.7. The van der Waals surface area contributed by atoms with Crippen molar-refractivity contribution in [1.29, 1.82) is 0 Å². The average Bonchev–Trinajstić information content (AvgIpc) is 3.17. The van der Waals surface area contributed by atoms with E-state index in [0.29, 0.717) is 56.3 Å². The Balaban J connectivity index is 1.75. The molecule has 0 bridgehead atoms. The van der Waals surface area contributed by atoms with Gasteiger partial charge in [0, 0.05) is 51.9 Å². The molecule has 0 aromatic heterocycles. The summed E-state index contributed by atoms with van der Waals surface area (Å²) in [5, 5.41) is 3.07. The number of carbonyl (C=O) groups is 1. The number of amides is 1. The molecule has 0 radical (unpaired) electrons. The van der Waals surface area contributed by atoms with Crippen molar-refractivity contribution in [2.45, 2.75) is 43.3 Å². The molecular formula is C24H36ClN5O4S. The minimum atomic E-state index is -3.68. The molecule has 2 atom stereocenters. The van der Waals surface area contributed by atoms with Crippen LogP contribution in [0.4, 0.5) is 0 Å². The molecule has 1 aromatic rings. The van der Waals surface area contributed by atoms with Crippen LogP contribution in [0.3, 0.4) is 0 Å². The van der Waals surface area contributed by atoms with Crippen LogP contribution in [0.1, 0.15) is 38.3 Å². The second-order valence-electron chi connectivity index (χ2n) is 9.43. The second-order valence-corrected chi connectivity index (χ2v) is 11.8. The fraction of sp³-hybridized carbons (Fsp3) is 0.625. The number of piperazine rings is 1. The van der Waals surface area contributed by atoms with Crippen molar-refractivity contribution in [2.75, 3.05) is 60.0 Å². The van der Waals surface area contributed by atoms with Crippen molar-refractivity contribution >= 4 is 27.5 Å². The van der Waals surface area contributed by atoms with Gasteiger partial charge in [0.15, 0.2) is 5.62 Å². The molecule has 0 spiro atoms. The SMILES string of the molecule is CCCOc1ccc(S(=O)(=O)N2CCN(C)CC2)cc1C1NC(=O)C2=C1CN(CCC)C(Cl)N2C. The Kier molecular flexibility index (Phi) is 7.97. The highest BCUT2D eigenvalue weighted by molar-refractivity contribution is 7.89. The van der Waals surface area contributed by atoms with Gasteiger partial charge in [0.2, 0.25) is 10.0 Å². The quantitative estimate of drug-likeness (QED) is 0.410. The van der Waals surface area contributed by atoms with Crippen LogP contribution in [0.15, 0.2) is 34.4 Å². The van der Waals surface area contributed by atoms with Crippen molar-refractivity contribution in [3.63, 3.8) is 0 Å². The van der Waals surface area contributed by atoms with Crippen LogP contribution >= 0.6 is 11.6 Å². The Labute approximate surface area is 213 Å². The van der Waals surface area contributed by atoms with Gasteiger partial charge >= 0.3 is 0 Å². The summed E-state index contributed by atoms with van der Waals surface area (Å²) < 4.78 is 34.6. The van der Waals surface area contributed by atoms with Crippen LogP contribution in [0.2, 0.25) is 0 Å². The van der Waals surface area contributed by atoms with Crippen LogP contribution in [0.5, 0.6) is 5.75 Å². The zero-order chi connectivity index (χ0) is 25.3. The van der Waals surface area contributed by atoms with Crippen molar-refractivity contribution in [1.82, 2.24) is 24.3 Å². The summed E-state index contributed by atoms with van der Waals surface area (Å²) in [6.07, 6.45) is 1.74. The van der Waals surface area contributed by atoms with E-state index < -0.39 is 21.7 Å². The van der Waals surface area contributed by atoms with E-state index in [2.05, 4.69) is 22.0 Å². The minimum absolute atomic E-state index is 0.205. The summed E-state index contributed by atoms with van der Waals surface area (Å²) in [4.78, 5) is 19.3. The maximum atomic E-state index is 13.5. The Morgan fingerprint density at radius 1 is 1.11 bits per heavy atom. The number of halogens is 1. The Bertz CT molecular complexity index is 1090. The Morgan fingerprint density at radius 2 is 1.83 bits per heavy atom. The molecule has 9 nitrogen and oxygen atoms in total. The Morgan fingerprint density at radius 3 is 2.49 bits per heavy atom. The number of alkyl halides is 1. The lowest BCUT2D eigenvalue weighted by molar-refractivity contribution is -0.118. The molecule has 3 heterocycles. The first-order valence-corrected chi connectivity index (χ1v) is 14.2. The number of rotatable bonds is 8. The van der Waals surface area contributed by atoms with Gasteiger partial charge in [-0.2, -0.15) is 4.31 Å². The monoisotopic (exact) mass is 525 g/mol. The molecule has 1 saturated heterocycles. The van der Waals surface area contributed by atoms with Crippen LogP contribution in [0.25, 0.3) is 0 Å². The molecule has 35 heavy (non-hydrogen) atoms. The molecule has 11 heteroatoms. The third-order valence-electron chi connectivity index (χ3n) is 6.85. The maximum Gasteiger partial charge on any atom is 0.268 e. The molecular weight excluding hydrogens is 490 g/mol. The fourth-order valence-corrected chi connectivity index (χ4v) is 6.66. The largest absolute Gasteiger partial charge is 0.493 e. The zero-order valence-corrected chi connectivity index (χ0v) is 22.5. The molecule has 3 aliphatic rings. The van der Waals surface area contributed by atoms with Gasteiger partial charge in [-0.3, -0.25) is 9.69 Å². The van der Waals surface area contributed by atoms with Gasteiger partial charge in [-0.05, 0) is 43.7 Å². The normalized spacial score (nSPS) is 24.6. The number of likely N-dealkylation sites (N-methyl/N-ethyl adjacent to an activating group) is 2. The van der Waals surface area contributed by atoms with Crippen LogP contribution in [0, 0.1) is 0 Å². The first kappa shape index (κ1) is 26.2. The van der Waals surface area contributed by atoms with Crippen LogP contribution in [-0.4, -0.2) is 98.9 Å². The highest BCUT2D eigenvalue weighted by Gasteiger charge is 2.43. The molecule has 3 aliphatic heterocycles. The number of benzene rings is 1. The lowest BCUT2D eigenvalue weighted by Crippen LogP contribution is -2.48. The number of hydrogen-bond acceptors (Lipinski definition) is 7. The van der Waals surface area contributed by atoms with Gasteiger partial charge in [-0.25, -0.2) is 8.42 Å². The van der Waals surface area contributed by atoms with Crippen molar-refractivity contribution in [3.8, 4) is 5.75 Å². The summed E-state index contributed by atoms with van der Waals surface area (Å²) >= 11 is 6.64. The van der Waals surface area contributed by atoms with Crippen molar-refractivity contribution < 1.29 is 17.9 Å². The number of hydrogen-bond donors (Lipinski definition) is 1. The second kappa shape index (κ2) is 10.6. The molecule has 0 aliphatic carbocycles. The topological polar surface area (TPSA) is 85.4 Å². The summed E-state index contributed by atoms with van der Waals surface area (Å²) in [5.74, 6) is 0.379. The van der Waals surface area contributed by atoms with E-state index in [4.69, 9.17) is 16.3 Å². The van der Waals surface area contributed by atoms with Gasteiger partial charge in [0.25, 0.3) is 5.91 Å². The number of nitrogens with one attached hydrogen (secondary N) is 1. The number of carbonyl (C=O) groups excluding carboxylic acids is 1. The predicted octanol–water partition coefficient (Wildman–Crippen LogP) is 2.02. The summed E-state index contributed by atoms with van der Waals surface area (Å²) in [5.41, 5.74) is 1.68. The zero-order valence-electron chi connectivity index (χ0n) is 21.0. The van der Waals surface area contributed by atoms with Gasteiger partial charge < -0.3 is 19.9 Å². The van der Waals surface area contributed by atoms with Gasteiger partial charge in [-0.15, -0.1) is 0 Å². The summed E-state index contributed by atoms with van der Waals surface area (Å²) in [7, 11) is 0.133. The molecule has 1 fully saturated rings. The van der Waals surface area contributed by atoms with Gasteiger partial charge in [0.05, 0.1) is 17.5 Å². The summed E-state index contributed by atoms with van der Waals surface area (Å²) in [6, 6.07) is 4.52. The van der Waals surface area contributed by atoms with Crippen LogP contribution in [-0.2, 0) is 14.8 Å². The number of nitrogens with zero attached hydrogens (tertiary/aromatic N) is 4. The highest BCUT2D eigenvalue weighted by Crippen LogP contribution is 2.41. The number of ether oxygens (including phenoxy) is 1. The van der Waals surface area contributed by atoms with E-state index in [1.807, 2.05) is 21.0 Å². The molecule has 4 rings (SSSR count). The van der Waals surface area contributed by atoms with E-state index in [0.717, 1.165) is 25.0 Å². The smallest absolute Gasteiger partial charge is 0.268 e. The first-order valence-electron chi connectivity index (χ1n) is 12.3. The molecule has 194 valence electrons. The van der Waals surface area contributed by atoms with Crippen molar-refractivity contribution in [2.24, 2.45) is 0 Å². The van der Waals surface area contributed by atoms with Gasteiger partial charge in [-0.1, -0.05) is 25.4 Å². The van der Waals surface area contributed by atoms with E-state index >= 15 is 0 Å². The lowest BCUT2D eigenvalue weighted by Gasteiger charge is -2.40.